The van der Waals surface area contributed by atoms with Crippen LogP contribution in [0.5, 0.6) is 0 Å². The lowest BCUT2D eigenvalue weighted by Crippen LogP contribution is -2.35. The third-order valence-corrected chi connectivity index (χ3v) is 2.94. The summed E-state index contributed by atoms with van der Waals surface area (Å²) in [5, 5.41) is 14.5. The van der Waals surface area contributed by atoms with Crippen molar-refractivity contribution in [3.8, 4) is 0 Å². The number of hydrogen-bond donors (Lipinski definition) is 3. The quantitative estimate of drug-likeness (QED) is 0.557. The Morgan fingerprint density at radius 1 is 1.35 bits per heavy atom. The minimum atomic E-state index is -0.755. The van der Waals surface area contributed by atoms with E-state index in [0.29, 0.717) is 31.5 Å². The summed E-state index contributed by atoms with van der Waals surface area (Å²) in [6, 6.07) is 0.551. The molecule has 0 aromatic carbocycles. The second kappa shape index (κ2) is 7.27. The van der Waals surface area contributed by atoms with E-state index in [1.54, 1.807) is 0 Å². The highest BCUT2D eigenvalue weighted by Crippen LogP contribution is 2.17. The topological polar surface area (TPSA) is 78.4 Å². The number of carboxylic acids is 1. The van der Waals surface area contributed by atoms with Gasteiger partial charge in [0.1, 0.15) is 0 Å². The van der Waals surface area contributed by atoms with E-state index in [1.165, 1.54) is 12.8 Å². The first-order chi connectivity index (χ1) is 8.08. The third-order valence-electron chi connectivity index (χ3n) is 2.94. The van der Waals surface area contributed by atoms with Gasteiger partial charge in [-0.3, -0.25) is 9.59 Å². The summed E-state index contributed by atoms with van der Waals surface area (Å²) in [5.74, 6) is -0.389. The highest BCUT2D eigenvalue weighted by molar-refractivity contribution is 5.78. The standard InChI is InChI=1S/C12H22N2O3/c1-9(2-5-12(16)17)6-7-13-11(15)8-14-10-3-4-10/h9-10,14H,2-8H2,1H3,(H,13,15)(H,16,17). The molecule has 0 radical (unpaired) electrons. The number of carbonyl (C=O) groups excluding carboxylic acids is 1. The molecule has 1 aliphatic rings. The minimum absolute atomic E-state index is 0.0299. The van der Waals surface area contributed by atoms with Crippen molar-refractivity contribution in [1.29, 1.82) is 0 Å². The number of carboxylic acid groups (broad SMARTS) is 1. The molecule has 1 aliphatic carbocycles. The van der Waals surface area contributed by atoms with E-state index in [1.807, 2.05) is 6.92 Å². The monoisotopic (exact) mass is 242 g/mol. The molecule has 1 rings (SSSR count). The predicted octanol–water partition coefficient (Wildman–Crippen LogP) is 0.746. The molecule has 0 aromatic heterocycles. The molecular weight excluding hydrogens is 220 g/mol. The fourth-order valence-corrected chi connectivity index (χ4v) is 1.56. The first-order valence-electron chi connectivity index (χ1n) is 6.30. The van der Waals surface area contributed by atoms with Crippen LogP contribution in [0.4, 0.5) is 0 Å². The summed E-state index contributed by atoms with van der Waals surface area (Å²) in [6.07, 6.45) is 4.07. The molecule has 3 N–H and O–H groups in total. The number of hydrogen-bond acceptors (Lipinski definition) is 3. The molecule has 1 amide bonds. The normalized spacial score (nSPS) is 16.5. The van der Waals surface area contributed by atoms with Crippen LogP contribution in [0.1, 0.15) is 39.0 Å². The largest absolute Gasteiger partial charge is 0.481 e. The SMILES string of the molecule is CC(CCNC(=O)CNC1CC1)CCC(=O)O. The number of rotatable bonds is 9. The third kappa shape index (κ3) is 7.74. The Morgan fingerprint density at radius 3 is 2.65 bits per heavy atom. The maximum atomic E-state index is 11.4. The number of carbonyl (C=O) groups is 2. The zero-order valence-corrected chi connectivity index (χ0v) is 10.4. The van der Waals surface area contributed by atoms with Crippen LogP contribution in [0.3, 0.4) is 0 Å². The maximum Gasteiger partial charge on any atom is 0.303 e. The minimum Gasteiger partial charge on any atom is -0.481 e. The van der Waals surface area contributed by atoms with E-state index in [9.17, 15) is 9.59 Å². The molecule has 0 bridgehead atoms. The van der Waals surface area contributed by atoms with Gasteiger partial charge >= 0.3 is 5.97 Å². The molecule has 1 atom stereocenters. The van der Waals surface area contributed by atoms with Crippen LogP contribution in [0, 0.1) is 5.92 Å². The Bertz CT molecular complexity index is 264. The Labute approximate surface area is 102 Å². The summed E-state index contributed by atoms with van der Waals surface area (Å²) < 4.78 is 0. The predicted molar refractivity (Wildman–Crippen MR) is 64.7 cm³/mol. The van der Waals surface area contributed by atoms with Crippen molar-refractivity contribution in [2.24, 2.45) is 5.92 Å². The second-order valence-electron chi connectivity index (χ2n) is 4.83. The molecule has 0 aliphatic heterocycles. The molecule has 0 aromatic rings. The van der Waals surface area contributed by atoms with Gasteiger partial charge < -0.3 is 15.7 Å². The zero-order chi connectivity index (χ0) is 12.7. The number of amides is 1. The molecule has 0 saturated heterocycles. The van der Waals surface area contributed by atoms with Crippen LogP contribution < -0.4 is 10.6 Å². The Hall–Kier alpha value is -1.10. The Kier molecular flexibility index (Phi) is 5.97. The summed E-state index contributed by atoms with van der Waals surface area (Å²) in [6.45, 7) is 3.04. The van der Waals surface area contributed by atoms with E-state index in [0.717, 1.165) is 6.42 Å². The van der Waals surface area contributed by atoms with Crippen LogP contribution in [0.2, 0.25) is 0 Å². The molecule has 0 heterocycles. The molecule has 1 saturated carbocycles. The van der Waals surface area contributed by atoms with Crippen LogP contribution in [0.25, 0.3) is 0 Å². The molecule has 0 spiro atoms. The highest BCUT2D eigenvalue weighted by atomic mass is 16.4. The van der Waals surface area contributed by atoms with Crippen molar-refractivity contribution < 1.29 is 14.7 Å². The fourth-order valence-electron chi connectivity index (χ4n) is 1.56. The lowest BCUT2D eigenvalue weighted by atomic mass is 10.0. The number of nitrogens with one attached hydrogen (secondary N) is 2. The second-order valence-corrected chi connectivity index (χ2v) is 4.83. The van der Waals surface area contributed by atoms with Gasteiger partial charge in [0.05, 0.1) is 6.54 Å². The van der Waals surface area contributed by atoms with Gasteiger partial charge in [-0.1, -0.05) is 6.92 Å². The Morgan fingerprint density at radius 2 is 2.06 bits per heavy atom. The zero-order valence-electron chi connectivity index (χ0n) is 10.4. The van der Waals surface area contributed by atoms with Gasteiger partial charge in [-0.15, -0.1) is 0 Å². The molecule has 17 heavy (non-hydrogen) atoms. The number of aliphatic carboxylic acids is 1. The van der Waals surface area contributed by atoms with Crippen LogP contribution in [-0.4, -0.2) is 36.1 Å². The summed E-state index contributed by atoms with van der Waals surface area (Å²) in [4.78, 5) is 21.7. The lowest BCUT2D eigenvalue weighted by Gasteiger charge is -2.11. The molecule has 5 nitrogen and oxygen atoms in total. The Balaban J connectivity index is 1.93. The van der Waals surface area contributed by atoms with Gasteiger partial charge in [0.2, 0.25) is 5.91 Å². The molecular formula is C12H22N2O3. The van der Waals surface area contributed by atoms with Gasteiger partial charge in [0, 0.05) is 19.0 Å². The van der Waals surface area contributed by atoms with Crippen LogP contribution in [0.15, 0.2) is 0 Å². The van der Waals surface area contributed by atoms with Gasteiger partial charge in [-0.25, -0.2) is 0 Å². The molecule has 98 valence electrons. The van der Waals surface area contributed by atoms with Crippen LogP contribution >= 0.6 is 0 Å². The van der Waals surface area contributed by atoms with E-state index in [-0.39, 0.29) is 12.3 Å². The lowest BCUT2D eigenvalue weighted by molar-refractivity contribution is -0.137. The van der Waals surface area contributed by atoms with E-state index >= 15 is 0 Å². The fraction of sp³-hybridized carbons (Fsp3) is 0.833. The molecule has 1 unspecified atom stereocenters. The average molecular weight is 242 g/mol. The van der Waals surface area contributed by atoms with Crippen molar-refractivity contribution >= 4 is 11.9 Å². The average Bonchev–Trinajstić information content (AvgIpc) is 3.07. The summed E-state index contributed by atoms with van der Waals surface area (Å²) >= 11 is 0. The highest BCUT2D eigenvalue weighted by Gasteiger charge is 2.20. The van der Waals surface area contributed by atoms with Crippen molar-refractivity contribution in [2.45, 2.75) is 45.1 Å². The van der Waals surface area contributed by atoms with Gasteiger partial charge in [-0.2, -0.15) is 0 Å². The first-order valence-corrected chi connectivity index (χ1v) is 6.30. The van der Waals surface area contributed by atoms with Crippen molar-refractivity contribution in [3.63, 3.8) is 0 Å². The van der Waals surface area contributed by atoms with Gasteiger partial charge in [0.15, 0.2) is 0 Å². The molecule has 5 heteroatoms. The smallest absolute Gasteiger partial charge is 0.303 e. The van der Waals surface area contributed by atoms with E-state index in [4.69, 9.17) is 5.11 Å². The van der Waals surface area contributed by atoms with Crippen LogP contribution in [-0.2, 0) is 9.59 Å². The first kappa shape index (κ1) is 14.0. The van der Waals surface area contributed by atoms with Gasteiger partial charge in [0.25, 0.3) is 0 Å². The van der Waals surface area contributed by atoms with Crippen molar-refractivity contribution in [1.82, 2.24) is 10.6 Å². The van der Waals surface area contributed by atoms with Crippen molar-refractivity contribution in [3.05, 3.63) is 0 Å². The summed E-state index contributed by atoms with van der Waals surface area (Å²) in [5.41, 5.74) is 0. The summed E-state index contributed by atoms with van der Waals surface area (Å²) in [7, 11) is 0. The molecule has 1 fully saturated rings. The van der Waals surface area contributed by atoms with Crippen molar-refractivity contribution in [2.75, 3.05) is 13.1 Å². The van der Waals surface area contributed by atoms with Gasteiger partial charge in [-0.05, 0) is 31.6 Å². The van der Waals surface area contributed by atoms with E-state index in [2.05, 4.69) is 10.6 Å². The maximum absolute atomic E-state index is 11.4. The van der Waals surface area contributed by atoms with E-state index < -0.39 is 5.97 Å².